The lowest BCUT2D eigenvalue weighted by molar-refractivity contribution is -0.178. The number of alkyl halides is 2. The number of esters is 1. The van der Waals surface area contributed by atoms with Crippen molar-refractivity contribution < 1.29 is 23.4 Å². The van der Waals surface area contributed by atoms with E-state index in [0.29, 0.717) is 0 Å². The summed E-state index contributed by atoms with van der Waals surface area (Å²) in [5, 5.41) is 8.28. The number of halogens is 2. The van der Waals surface area contributed by atoms with E-state index < -0.39 is 18.5 Å². The van der Waals surface area contributed by atoms with E-state index in [9.17, 15) is 13.6 Å². The Balaban J connectivity index is 3.97. The van der Waals surface area contributed by atoms with E-state index in [0.717, 1.165) is 25.7 Å². The van der Waals surface area contributed by atoms with Crippen LogP contribution in [0.25, 0.3) is 0 Å². The molecule has 0 bridgehead atoms. The standard InChI is InChI=1S/C11H20F2O3/c1-3-5-6-9(4-2)7-16-10(15)11(12,13)8-14/h9,14H,3-8H2,1-2H3. The van der Waals surface area contributed by atoms with Gasteiger partial charge in [-0.3, -0.25) is 0 Å². The molecule has 96 valence electrons. The molecule has 0 spiro atoms. The van der Waals surface area contributed by atoms with E-state index in [1.807, 2.05) is 13.8 Å². The molecular weight excluding hydrogens is 218 g/mol. The monoisotopic (exact) mass is 238 g/mol. The zero-order chi connectivity index (χ0) is 12.6. The highest BCUT2D eigenvalue weighted by molar-refractivity contribution is 5.77. The Morgan fingerprint density at radius 2 is 2.06 bits per heavy atom. The third-order valence-corrected chi connectivity index (χ3v) is 2.49. The molecule has 5 heteroatoms. The number of carbonyl (C=O) groups is 1. The van der Waals surface area contributed by atoms with Crippen LogP contribution in [0.15, 0.2) is 0 Å². The van der Waals surface area contributed by atoms with Crippen molar-refractivity contribution in [1.82, 2.24) is 0 Å². The van der Waals surface area contributed by atoms with Crippen molar-refractivity contribution in [2.45, 2.75) is 45.5 Å². The minimum atomic E-state index is -3.77. The second-order valence-electron chi connectivity index (χ2n) is 3.88. The van der Waals surface area contributed by atoms with Gasteiger partial charge in [0.2, 0.25) is 0 Å². The molecule has 0 rings (SSSR count). The fraction of sp³-hybridized carbons (Fsp3) is 0.909. The van der Waals surface area contributed by atoms with Crippen molar-refractivity contribution in [3.05, 3.63) is 0 Å². The lowest BCUT2D eigenvalue weighted by Gasteiger charge is -2.17. The van der Waals surface area contributed by atoms with E-state index in [4.69, 9.17) is 5.11 Å². The summed E-state index contributed by atoms with van der Waals surface area (Å²) in [7, 11) is 0. The summed E-state index contributed by atoms with van der Waals surface area (Å²) in [6, 6.07) is 0. The molecule has 1 unspecified atom stereocenters. The Kier molecular flexibility index (Phi) is 7.21. The maximum Gasteiger partial charge on any atom is 0.379 e. The summed E-state index contributed by atoms with van der Waals surface area (Å²) in [5.41, 5.74) is 0. The molecule has 0 radical (unpaired) electrons. The van der Waals surface area contributed by atoms with Crippen LogP contribution in [0.5, 0.6) is 0 Å². The summed E-state index contributed by atoms with van der Waals surface area (Å²) in [6.07, 6.45) is 3.67. The number of hydrogen-bond donors (Lipinski definition) is 1. The van der Waals surface area contributed by atoms with E-state index in [2.05, 4.69) is 4.74 Å². The first-order valence-corrected chi connectivity index (χ1v) is 5.63. The van der Waals surface area contributed by atoms with Gasteiger partial charge in [0.1, 0.15) is 6.61 Å². The lowest BCUT2D eigenvalue weighted by Crippen LogP contribution is -2.35. The molecule has 1 atom stereocenters. The number of carbonyl (C=O) groups excluding carboxylic acids is 1. The SMILES string of the molecule is CCCCC(CC)COC(=O)C(F)(F)CO. The molecule has 0 aliphatic heterocycles. The maximum absolute atomic E-state index is 12.6. The van der Waals surface area contributed by atoms with E-state index >= 15 is 0 Å². The van der Waals surface area contributed by atoms with Gasteiger partial charge in [0.05, 0.1) is 6.61 Å². The first-order valence-electron chi connectivity index (χ1n) is 5.63. The largest absolute Gasteiger partial charge is 0.461 e. The molecule has 0 aliphatic rings. The Morgan fingerprint density at radius 1 is 1.44 bits per heavy atom. The number of rotatable bonds is 8. The smallest absolute Gasteiger partial charge is 0.379 e. The minimum absolute atomic E-state index is 0.00488. The number of ether oxygens (including phenoxy) is 1. The zero-order valence-electron chi connectivity index (χ0n) is 9.84. The highest BCUT2D eigenvalue weighted by Gasteiger charge is 2.40. The Labute approximate surface area is 94.8 Å². The van der Waals surface area contributed by atoms with E-state index in [1.165, 1.54) is 0 Å². The summed E-state index contributed by atoms with van der Waals surface area (Å²) in [5.74, 6) is -5.29. The third kappa shape index (κ3) is 5.39. The molecule has 0 saturated carbocycles. The fourth-order valence-corrected chi connectivity index (χ4v) is 1.26. The van der Waals surface area contributed by atoms with Crippen LogP contribution in [0.2, 0.25) is 0 Å². The molecule has 0 aromatic heterocycles. The predicted molar refractivity (Wildman–Crippen MR) is 56.3 cm³/mol. The van der Waals surface area contributed by atoms with Crippen LogP contribution < -0.4 is 0 Å². The highest BCUT2D eigenvalue weighted by Crippen LogP contribution is 2.17. The number of hydrogen-bond acceptors (Lipinski definition) is 3. The molecule has 0 aromatic rings. The molecule has 3 nitrogen and oxygen atoms in total. The fourth-order valence-electron chi connectivity index (χ4n) is 1.26. The van der Waals surface area contributed by atoms with E-state index in [-0.39, 0.29) is 12.5 Å². The molecule has 1 N–H and O–H groups in total. The topological polar surface area (TPSA) is 46.5 Å². The zero-order valence-corrected chi connectivity index (χ0v) is 9.84. The highest BCUT2D eigenvalue weighted by atomic mass is 19.3. The van der Waals surface area contributed by atoms with Crippen LogP contribution in [0.1, 0.15) is 39.5 Å². The third-order valence-electron chi connectivity index (χ3n) is 2.49. The lowest BCUT2D eigenvalue weighted by atomic mass is 10.0. The van der Waals surface area contributed by atoms with Crippen LogP contribution in [-0.2, 0) is 9.53 Å². The molecule has 0 fully saturated rings. The van der Waals surface area contributed by atoms with Crippen molar-refractivity contribution >= 4 is 5.97 Å². The first kappa shape index (κ1) is 15.3. The van der Waals surface area contributed by atoms with Gasteiger partial charge < -0.3 is 9.84 Å². The van der Waals surface area contributed by atoms with E-state index in [1.54, 1.807) is 0 Å². The molecular formula is C11H20F2O3. The maximum atomic E-state index is 12.6. The van der Waals surface area contributed by atoms with Gasteiger partial charge in [-0.05, 0) is 12.3 Å². The second-order valence-corrected chi connectivity index (χ2v) is 3.88. The van der Waals surface area contributed by atoms with Gasteiger partial charge in [-0.2, -0.15) is 8.78 Å². The van der Waals surface area contributed by atoms with Gasteiger partial charge in [-0.1, -0.05) is 33.1 Å². The van der Waals surface area contributed by atoms with Crippen LogP contribution in [-0.4, -0.2) is 30.2 Å². The van der Waals surface area contributed by atoms with Crippen molar-refractivity contribution in [3.8, 4) is 0 Å². The Bertz CT molecular complexity index is 207. The van der Waals surface area contributed by atoms with Crippen LogP contribution in [0.3, 0.4) is 0 Å². The predicted octanol–water partition coefficient (Wildman–Crippen LogP) is 2.37. The van der Waals surface area contributed by atoms with Gasteiger partial charge in [0.15, 0.2) is 0 Å². The molecule has 0 amide bonds. The Hall–Kier alpha value is -0.710. The van der Waals surface area contributed by atoms with Crippen molar-refractivity contribution in [3.63, 3.8) is 0 Å². The summed E-state index contributed by atoms with van der Waals surface area (Å²) >= 11 is 0. The molecule has 0 saturated heterocycles. The van der Waals surface area contributed by atoms with Crippen molar-refractivity contribution in [2.24, 2.45) is 5.92 Å². The summed E-state index contributed by atoms with van der Waals surface area (Å²) in [6.45, 7) is 2.47. The summed E-state index contributed by atoms with van der Waals surface area (Å²) in [4.78, 5) is 10.9. The number of aliphatic hydroxyl groups excluding tert-OH is 1. The van der Waals surface area contributed by atoms with Gasteiger partial charge >= 0.3 is 11.9 Å². The summed E-state index contributed by atoms with van der Waals surface area (Å²) < 4.78 is 29.8. The normalized spacial score (nSPS) is 13.6. The van der Waals surface area contributed by atoms with Crippen LogP contribution in [0.4, 0.5) is 8.78 Å². The molecule has 0 heterocycles. The van der Waals surface area contributed by atoms with Gasteiger partial charge in [0, 0.05) is 0 Å². The Morgan fingerprint density at radius 3 is 2.50 bits per heavy atom. The van der Waals surface area contributed by atoms with Crippen molar-refractivity contribution in [2.75, 3.05) is 13.2 Å². The van der Waals surface area contributed by atoms with Crippen molar-refractivity contribution in [1.29, 1.82) is 0 Å². The molecule has 0 aromatic carbocycles. The second kappa shape index (κ2) is 7.54. The van der Waals surface area contributed by atoms with Crippen LogP contribution >= 0.6 is 0 Å². The molecule has 16 heavy (non-hydrogen) atoms. The minimum Gasteiger partial charge on any atom is -0.461 e. The first-order chi connectivity index (χ1) is 7.47. The van der Waals surface area contributed by atoms with Gasteiger partial charge in [-0.15, -0.1) is 0 Å². The number of aliphatic hydroxyl groups is 1. The average Bonchev–Trinajstić information content (AvgIpc) is 2.28. The van der Waals surface area contributed by atoms with Crippen LogP contribution in [0, 0.1) is 5.92 Å². The van der Waals surface area contributed by atoms with Gasteiger partial charge in [0.25, 0.3) is 0 Å². The quantitative estimate of drug-likeness (QED) is 0.660. The average molecular weight is 238 g/mol. The van der Waals surface area contributed by atoms with Gasteiger partial charge in [-0.25, -0.2) is 4.79 Å². The number of unbranched alkanes of at least 4 members (excludes halogenated alkanes) is 1. The molecule has 0 aliphatic carbocycles.